The molecule has 0 amide bonds. The first-order valence-corrected chi connectivity index (χ1v) is 6.61. The predicted octanol–water partition coefficient (Wildman–Crippen LogP) is 3.04. The highest BCUT2D eigenvalue weighted by atomic mass is 19.1. The third-order valence-electron chi connectivity index (χ3n) is 3.14. The fourth-order valence-electron chi connectivity index (χ4n) is 2.22. The van der Waals surface area contributed by atoms with Crippen LogP contribution >= 0.6 is 0 Å². The second-order valence-electron chi connectivity index (χ2n) is 4.50. The molecule has 0 aliphatic carbocycles. The molecular formula is C15H20FNO. The van der Waals surface area contributed by atoms with E-state index in [1.807, 2.05) is 12.1 Å². The molecule has 2 nitrogen and oxygen atoms in total. The lowest BCUT2D eigenvalue weighted by Gasteiger charge is -2.24. The molecule has 1 unspecified atom stereocenters. The zero-order valence-electron chi connectivity index (χ0n) is 10.8. The maximum Gasteiger partial charge on any atom is 0.126 e. The van der Waals surface area contributed by atoms with Gasteiger partial charge in [-0.1, -0.05) is 25.1 Å². The van der Waals surface area contributed by atoms with Crippen LogP contribution in [0.5, 0.6) is 0 Å². The molecule has 0 radical (unpaired) electrons. The van der Waals surface area contributed by atoms with E-state index in [1.54, 1.807) is 6.07 Å². The summed E-state index contributed by atoms with van der Waals surface area (Å²) in [6, 6.07) is 7.01. The maximum absolute atomic E-state index is 13.7. The van der Waals surface area contributed by atoms with Crippen molar-refractivity contribution in [1.29, 1.82) is 0 Å². The lowest BCUT2D eigenvalue weighted by Crippen LogP contribution is -2.35. The predicted molar refractivity (Wildman–Crippen MR) is 70.8 cm³/mol. The number of rotatable bonds is 5. The Bertz CT molecular complexity index is 417. The highest BCUT2D eigenvalue weighted by Gasteiger charge is 2.18. The van der Waals surface area contributed by atoms with Gasteiger partial charge in [0.15, 0.2) is 0 Å². The van der Waals surface area contributed by atoms with Gasteiger partial charge in [0.05, 0.1) is 12.6 Å². The van der Waals surface area contributed by atoms with Crippen molar-refractivity contribution < 1.29 is 9.13 Å². The minimum atomic E-state index is -0.142. The highest BCUT2D eigenvalue weighted by molar-refractivity contribution is 5.21. The zero-order valence-corrected chi connectivity index (χ0v) is 10.8. The molecule has 0 bridgehead atoms. The van der Waals surface area contributed by atoms with E-state index in [2.05, 4.69) is 18.3 Å². The highest BCUT2D eigenvalue weighted by Crippen LogP contribution is 2.18. The maximum atomic E-state index is 13.7. The van der Waals surface area contributed by atoms with Gasteiger partial charge in [0.2, 0.25) is 0 Å². The second-order valence-corrected chi connectivity index (χ2v) is 4.50. The molecule has 0 saturated heterocycles. The van der Waals surface area contributed by atoms with Crippen LogP contribution in [0.3, 0.4) is 0 Å². The number of halogens is 1. The molecule has 18 heavy (non-hydrogen) atoms. The standard InChI is InChI=1S/C15H20FNO/c1-2-17-14(15-9-5-6-10-18-15)11-12-7-3-4-8-13(12)16/h3-4,7-9,14,17H,2,5-6,10-11H2,1H3. The van der Waals surface area contributed by atoms with Gasteiger partial charge in [-0.3, -0.25) is 0 Å². The number of hydrogen-bond acceptors (Lipinski definition) is 2. The minimum absolute atomic E-state index is 0.0761. The van der Waals surface area contributed by atoms with E-state index >= 15 is 0 Å². The summed E-state index contributed by atoms with van der Waals surface area (Å²) in [5.74, 6) is 0.822. The van der Waals surface area contributed by atoms with Crippen molar-refractivity contribution in [2.75, 3.05) is 13.2 Å². The molecule has 1 N–H and O–H groups in total. The van der Waals surface area contributed by atoms with E-state index in [1.165, 1.54) is 6.07 Å². The van der Waals surface area contributed by atoms with Gasteiger partial charge in [0, 0.05) is 0 Å². The summed E-state index contributed by atoms with van der Waals surface area (Å²) in [5, 5.41) is 3.37. The molecule has 1 heterocycles. The molecule has 0 spiro atoms. The SMILES string of the molecule is CCNC(Cc1ccccc1F)C1=CCCCO1. The van der Waals surface area contributed by atoms with E-state index in [4.69, 9.17) is 4.74 Å². The Morgan fingerprint density at radius 3 is 2.89 bits per heavy atom. The van der Waals surface area contributed by atoms with E-state index in [9.17, 15) is 4.39 Å². The quantitative estimate of drug-likeness (QED) is 0.866. The summed E-state index contributed by atoms with van der Waals surface area (Å²) < 4.78 is 19.4. The van der Waals surface area contributed by atoms with Gasteiger partial charge in [-0.05, 0) is 43.5 Å². The molecule has 1 aliphatic rings. The van der Waals surface area contributed by atoms with Gasteiger partial charge in [0.25, 0.3) is 0 Å². The molecule has 0 fully saturated rings. The molecule has 3 heteroatoms. The van der Waals surface area contributed by atoms with Crippen LogP contribution in [0, 0.1) is 5.82 Å². The third-order valence-corrected chi connectivity index (χ3v) is 3.14. The summed E-state index contributed by atoms with van der Waals surface area (Å²) in [7, 11) is 0. The molecule has 1 aliphatic heterocycles. The van der Waals surface area contributed by atoms with Crippen LogP contribution in [0.25, 0.3) is 0 Å². The fourth-order valence-corrected chi connectivity index (χ4v) is 2.22. The lowest BCUT2D eigenvalue weighted by molar-refractivity contribution is 0.167. The third kappa shape index (κ3) is 3.33. The topological polar surface area (TPSA) is 21.3 Å². The molecule has 1 aromatic rings. The molecule has 1 atom stereocenters. The van der Waals surface area contributed by atoms with E-state index in [-0.39, 0.29) is 11.9 Å². The van der Waals surface area contributed by atoms with Gasteiger partial charge >= 0.3 is 0 Å². The van der Waals surface area contributed by atoms with E-state index in [0.29, 0.717) is 6.42 Å². The van der Waals surface area contributed by atoms with Crippen LogP contribution in [-0.2, 0) is 11.2 Å². The molecule has 0 saturated carbocycles. The monoisotopic (exact) mass is 249 g/mol. The zero-order chi connectivity index (χ0) is 12.8. The number of allylic oxidation sites excluding steroid dienone is 1. The van der Waals surface area contributed by atoms with E-state index in [0.717, 1.165) is 37.3 Å². The van der Waals surface area contributed by atoms with Gasteiger partial charge in [0.1, 0.15) is 11.6 Å². The number of ether oxygens (including phenoxy) is 1. The fraction of sp³-hybridized carbons (Fsp3) is 0.467. The van der Waals surface area contributed by atoms with Crippen molar-refractivity contribution >= 4 is 0 Å². The van der Waals surface area contributed by atoms with Crippen molar-refractivity contribution in [3.63, 3.8) is 0 Å². The van der Waals surface area contributed by atoms with Gasteiger partial charge in [-0.15, -0.1) is 0 Å². The van der Waals surface area contributed by atoms with Crippen molar-refractivity contribution in [3.05, 3.63) is 47.5 Å². The summed E-state index contributed by atoms with van der Waals surface area (Å²) in [6.45, 7) is 3.67. The van der Waals surface area contributed by atoms with Gasteiger partial charge in [-0.25, -0.2) is 4.39 Å². The number of nitrogens with one attached hydrogen (secondary N) is 1. The minimum Gasteiger partial charge on any atom is -0.497 e. The van der Waals surface area contributed by atoms with Crippen molar-refractivity contribution in [3.8, 4) is 0 Å². The molecule has 98 valence electrons. The second kappa shape index (κ2) is 6.55. The van der Waals surface area contributed by atoms with Crippen LogP contribution in [0.1, 0.15) is 25.3 Å². The number of hydrogen-bond donors (Lipinski definition) is 1. The Balaban J connectivity index is 2.11. The Kier molecular flexibility index (Phi) is 4.76. The molecule has 0 aromatic heterocycles. The smallest absolute Gasteiger partial charge is 0.126 e. The largest absolute Gasteiger partial charge is 0.497 e. The first-order valence-electron chi connectivity index (χ1n) is 6.61. The summed E-state index contributed by atoms with van der Waals surface area (Å²) in [4.78, 5) is 0. The van der Waals surface area contributed by atoms with Crippen molar-refractivity contribution in [1.82, 2.24) is 5.32 Å². The normalized spacial score (nSPS) is 16.9. The first kappa shape index (κ1) is 13.1. The average molecular weight is 249 g/mol. The van der Waals surface area contributed by atoms with Gasteiger partial charge in [-0.2, -0.15) is 0 Å². The summed E-state index contributed by atoms with van der Waals surface area (Å²) >= 11 is 0. The number of benzene rings is 1. The first-order chi connectivity index (χ1) is 8.81. The van der Waals surface area contributed by atoms with Crippen LogP contribution in [0.15, 0.2) is 36.1 Å². The molecule has 2 rings (SSSR count). The Morgan fingerprint density at radius 2 is 2.22 bits per heavy atom. The molecule has 1 aromatic carbocycles. The van der Waals surface area contributed by atoms with Crippen LogP contribution < -0.4 is 5.32 Å². The van der Waals surface area contributed by atoms with Crippen LogP contribution in [0.2, 0.25) is 0 Å². The lowest BCUT2D eigenvalue weighted by atomic mass is 10.0. The van der Waals surface area contributed by atoms with Crippen molar-refractivity contribution in [2.24, 2.45) is 0 Å². The molecular weight excluding hydrogens is 229 g/mol. The van der Waals surface area contributed by atoms with Crippen LogP contribution in [-0.4, -0.2) is 19.2 Å². The Hall–Kier alpha value is -1.35. The average Bonchev–Trinajstić information content (AvgIpc) is 2.42. The summed E-state index contributed by atoms with van der Waals surface area (Å²) in [5.41, 5.74) is 0.735. The van der Waals surface area contributed by atoms with Gasteiger partial charge < -0.3 is 10.1 Å². The Labute approximate surface area is 108 Å². The Morgan fingerprint density at radius 1 is 1.39 bits per heavy atom. The summed E-state index contributed by atoms with van der Waals surface area (Å²) in [6.07, 6.45) is 4.88. The van der Waals surface area contributed by atoms with Crippen molar-refractivity contribution in [2.45, 2.75) is 32.2 Å². The number of likely N-dealkylation sites (N-methyl/N-ethyl adjacent to an activating group) is 1. The van der Waals surface area contributed by atoms with Crippen LogP contribution in [0.4, 0.5) is 4.39 Å². The van der Waals surface area contributed by atoms with E-state index < -0.39 is 0 Å².